The van der Waals surface area contributed by atoms with Crippen LogP contribution in [0.25, 0.3) is 10.8 Å². The molecule has 1 heterocycles. The van der Waals surface area contributed by atoms with E-state index in [2.05, 4.69) is 21.2 Å². The van der Waals surface area contributed by atoms with Gasteiger partial charge in [0.1, 0.15) is 11.8 Å². The van der Waals surface area contributed by atoms with E-state index in [9.17, 15) is 19.2 Å². The summed E-state index contributed by atoms with van der Waals surface area (Å²) in [5.41, 5.74) is 2.73. The molecule has 0 saturated carbocycles. The number of methoxy groups -OCH3 is 1. The molecule has 1 N–H and O–H groups in total. The van der Waals surface area contributed by atoms with Gasteiger partial charge in [-0.25, -0.2) is 0 Å². The highest BCUT2D eigenvalue weighted by Crippen LogP contribution is 2.38. The van der Waals surface area contributed by atoms with Crippen molar-refractivity contribution in [2.45, 2.75) is 46.2 Å². The maximum Gasteiger partial charge on any atom is 0.258 e. The van der Waals surface area contributed by atoms with E-state index < -0.39 is 6.04 Å². The number of nitrogens with zero attached hydrogens (tertiary/aromatic N) is 2. The molecule has 0 aliphatic carbocycles. The number of para-hydroxylation sites is 2. The van der Waals surface area contributed by atoms with E-state index in [0.29, 0.717) is 34.7 Å². The zero-order valence-corrected chi connectivity index (χ0v) is 27.4. The predicted molar refractivity (Wildman–Crippen MR) is 180 cm³/mol. The molecule has 0 bridgehead atoms. The molecule has 0 radical (unpaired) electrons. The number of hydrogen-bond acceptors (Lipinski definition) is 5. The number of anilines is 2. The normalized spacial score (nSPS) is 15.3. The quantitative estimate of drug-likeness (QED) is 0.195. The lowest BCUT2D eigenvalue weighted by Gasteiger charge is -2.27. The molecule has 0 fully saturated rings. The first kappa shape index (κ1) is 31.9. The van der Waals surface area contributed by atoms with E-state index in [4.69, 9.17) is 4.74 Å². The second-order valence-electron chi connectivity index (χ2n) is 11.3. The standard InChI is InChI=1S/C36H36BrN3O5/c1-5-8-22(2)34(42)38-30-21-40(35(43)25-13-11-24(12-14-25)23(3)41)32-10-7-6-9-31(32)39(36(30)44)20-29-28-17-16-27(37)19-26(28)15-18-33(29)45-4/h6-7,9-19,22,30H,5,8,20-21H2,1-4H3,(H,38,42)/t22-,30+/m1/s1. The van der Waals surface area contributed by atoms with Crippen LogP contribution in [0, 0.1) is 5.92 Å². The molecule has 0 aromatic heterocycles. The summed E-state index contributed by atoms with van der Waals surface area (Å²) in [6.07, 6.45) is 1.49. The number of carbonyl (C=O) groups excluding carboxylic acids is 4. The molecule has 9 heteroatoms. The maximum absolute atomic E-state index is 14.5. The van der Waals surface area contributed by atoms with Crippen molar-refractivity contribution in [2.75, 3.05) is 23.5 Å². The number of ketones is 1. The van der Waals surface area contributed by atoms with E-state index in [1.165, 1.54) is 6.92 Å². The molecule has 0 saturated heterocycles. The first-order chi connectivity index (χ1) is 21.6. The van der Waals surface area contributed by atoms with Crippen LogP contribution in [0.15, 0.2) is 83.3 Å². The number of rotatable bonds is 9. The maximum atomic E-state index is 14.5. The van der Waals surface area contributed by atoms with E-state index in [0.717, 1.165) is 27.2 Å². The Morgan fingerprint density at radius 3 is 2.33 bits per heavy atom. The van der Waals surface area contributed by atoms with Crippen molar-refractivity contribution in [3.05, 3.63) is 100 Å². The van der Waals surface area contributed by atoms with Crippen LogP contribution >= 0.6 is 15.9 Å². The Balaban J connectivity index is 1.63. The van der Waals surface area contributed by atoms with Crippen LogP contribution in [-0.2, 0) is 16.1 Å². The minimum Gasteiger partial charge on any atom is -0.496 e. The van der Waals surface area contributed by atoms with Crippen molar-refractivity contribution < 1.29 is 23.9 Å². The molecule has 2 atom stereocenters. The fraction of sp³-hybridized carbons (Fsp3) is 0.278. The van der Waals surface area contributed by atoms with Gasteiger partial charge in [0.2, 0.25) is 5.91 Å². The molecule has 8 nitrogen and oxygen atoms in total. The van der Waals surface area contributed by atoms with Gasteiger partial charge in [-0.15, -0.1) is 0 Å². The summed E-state index contributed by atoms with van der Waals surface area (Å²) in [5, 5.41) is 4.86. The minimum atomic E-state index is -1.01. The molecule has 232 valence electrons. The molecule has 0 unspecified atom stereocenters. The largest absolute Gasteiger partial charge is 0.496 e. The average molecular weight is 671 g/mol. The van der Waals surface area contributed by atoms with Gasteiger partial charge in [0.25, 0.3) is 11.8 Å². The summed E-state index contributed by atoms with van der Waals surface area (Å²) >= 11 is 3.55. The van der Waals surface area contributed by atoms with E-state index in [-0.39, 0.29) is 42.5 Å². The Morgan fingerprint density at radius 2 is 1.67 bits per heavy atom. The third-order valence-electron chi connectivity index (χ3n) is 8.25. The van der Waals surface area contributed by atoms with Crippen molar-refractivity contribution in [1.29, 1.82) is 0 Å². The topological polar surface area (TPSA) is 96.0 Å². The third kappa shape index (κ3) is 6.63. The lowest BCUT2D eigenvalue weighted by Crippen LogP contribution is -2.53. The molecule has 4 aromatic carbocycles. The van der Waals surface area contributed by atoms with Gasteiger partial charge in [-0.05, 0) is 66.6 Å². The molecule has 4 aromatic rings. The fourth-order valence-electron chi connectivity index (χ4n) is 5.79. The number of amides is 3. The first-order valence-electron chi connectivity index (χ1n) is 15.0. The van der Waals surface area contributed by atoms with E-state index >= 15 is 0 Å². The molecular weight excluding hydrogens is 634 g/mol. The highest BCUT2D eigenvalue weighted by Gasteiger charge is 2.38. The fourth-order valence-corrected chi connectivity index (χ4v) is 6.17. The Labute approximate surface area is 271 Å². The number of hydrogen-bond donors (Lipinski definition) is 1. The monoisotopic (exact) mass is 669 g/mol. The van der Waals surface area contributed by atoms with E-state index in [1.54, 1.807) is 47.2 Å². The molecule has 3 amide bonds. The zero-order chi connectivity index (χ0) is 32.2. The van der Waals surface area contributed by atoms with Gasteiger partial charge in [-0.2, -0.15) is 0 Å². The summed E-state index contributed by atoms with van der Waals surface area (Å²) in [5.74, 6) is -0.710. The predicted octanol–water partition coefficient (Wildman–Crippen LogP) is 6.93. The minimum absolute atomic E-state index is 0.0656. The molecule has 0 spiro atoms. The van der Waals surface area contributed by atoms with Gasteiger partial charge in [0.15, 0.2) is 5.78 Å². The summed E-state index contributed by atoms with van der Waals surface area (Å²) < 4.78 is 6.69. The third-order valence-corrected chi connectivity index (χ3v) is 8.74. The number of carbonyl (C=O) groups is 4. The molecular formula is C36H36BrN3O5. The van der Waals surface area contributed by atoms with Crippen molar-refractivity contribution in [1.82, 2.24) is 5.32 Å². The number of ether oxygens (including phenoxy) is 1. The van der Waals surface area contributed by atoms with E-state index in [1.807, 2.05) is 62.4 Å². The highest BCUT2D eigenvalue weighted by molar-refractivity contribution is 9.10. The number of halogens is 1. The highest BCUT2D eigenvalue weighted by atomic mass is 79.9. The smallest absolute Gasteiger partial charge is 0.258 e. The van der Waals surface area contributed by atoms with Crippen LogP contribution in [0.4, 0.5) is 11.4 Å². The first-order valence-corrected chi connectivity index (χ1v) is 15.8. The molecule has 1 aliphatic heterocycles. The SMILES string of the molecule is CCC[C@@H](C)C(=O)N[C@H]1CN(C(=O)c2ccc(C(C)=O)cc2)c2ccccc2N(Cc2c(OC)ccc3cc(Br)ccc23)C1=O. The number of benzene rings is 4. The molecule has 5 rings (SSSR count). The van der Waals surface area contributed by atoms with Gasteiger partial charge in [0, 0.05) is 27.1 Å². The summed E-state index contributed by atoms with van der Waals surface area (Å²) in [6, 6.07) is 22.5. The second-order valence-corrected chi connectivity index (χ2v) is 12.2. The van der Waals surface area contributed by atoms with Crippen LogP contribution in [0.5, 0.6) is 5.75 Å². The summed E-state index contributed by atoms with van der Waals surface area (Å²) in [7, 11) is 1.59. The number of fused-ring (bicyclic) bond motifs is 2. The van der Waals surface area contributed by atoms with Gasteiger partial charge >= 0.3 is 0 Å². The van der Waals surface area contributed by atoms with Crippen molar-refractivity contribution in [3.8, 4) is 5.75 Å². The average Bonchev–Trinajstić information content (AvgIpc) is 3.15. The lowest BCUT2D eigenvalue weighted by molar-refractivity contribution is -0.129. The lowest BCUT2D eigenvalue weighted by atomic mass is 10.0. The summed E-state index contributed by atoms with van der Waals surface area (Å²) in [6.45, 7) is 5.39. The second kappa shape index (κ2) is 13.6. The van der Waals surface area contributed by atoms with Crippen molar-refractivity contribution in [2.24, 2.45) is 5.92 Å². The van der Waals surface area contributed by atoms with Gasteiger partial charge in [0.05, 0.1) is 31.6 Å². The van der Waals surface area contributed by atoms with Crippen LogP contribution in [0.2, 0.25) is 0 Å². The Bertz CT molecular complexity index is 1770. The van der Waals surface area contributed by atoms with Crippen LogP contribution in [0.3, 0.4) is 0 Å². The van der Waals surface area contributed by atoms with Crippen LogP contribution < -0.4 is 19.9 Å². The van der Waals surface area contributed by atoms with Crippen molar-refractivity contribution >= 4 is 61.6 Å². The molecule has 45 heavy (non-hydrogen) atoms. The van der Waals surface area contributed by atoms with Crippen LogP contribution in [-0.4, -0.2) is 43.2 Å². The van der Waals surface area contributed by atoms with Gasteiger partial charge in [-0.3, -0.25) is 19.2 Å². The summed E-state index contributed by atoms with van der Waals surface area (Å²) in [4.78, 5) is 57.0. The van der Waals surface area contributed by atoms with Gasteiger partial charge in [-0.1, -0.05) is 72.6 Å². The Hall–Kier alpha value is -4.50. The number of Topliss-reactive ketones (excluding diaryl/α,β-unsaturated/α-hetero) is 1. The zero-order valence-electron chi connectivity index (χ0n) is 25.8. The van der Waals surface area contributed by atoms with Gasteiger partial charge < -0.3 is 19.9 Å². The Kier molecular flexibility index (Phi) is 9.68. The van der Waals surface area contributed by atoms with Crippen molar-refractivity contribution in [3.63, 3.8) is 0 Å². The number of nitrogens with one attached hydrogen (secondary N) is 1. The van der Waals surface area contributed by atoms with Crippen LogP contribution in [0.1, 0.15) is 59.9 Å². The Morgan fingerprint density at radius 1 is 0.978 bits per heavy atom. The molecule has 1 aliphatic rings.